The molecule has 5 nitrogen and oxygen atoms in total. The first-order valence-corrected chi connectivity index (χ1v) is 8.48. The summed E-state index contributed by atoms with van der Waals surface area (Å²) in [5.74, 6) is -0.522. The summed E-state index contributed by atoms with van der Waals surface area (Å²) >= 11 is 0. The van der Waals surface area contributed by atoms with Gasteiger partial charge in [0.05, 0.1) is 25.7 Å². The quantitative estimate of drug-likeness (QED) is 0.731. The molecule has 2 aromatic rings. The van der Waals surface area contributed by atoms with E-state index in [1.807, 2.05) is 6.92 Å². The van der Waals surface area contributed by atoms with Gasteiger partial charge in [0.25, 0.3) is 5.91 Å². The van der Waals surface area contributed by atoms with Crippen molar-refractivity contribution in [2.75, 3.05) is 13.2 Å². The van der Waals surface area contributed by atoms with Gasteiger partial charge in [-0.2, -0.15) is 0 Å². The molecule has 26 heavy (non-hydrogen) atoms. The number of ether oxygens (including phenoxy) is 2. The minimum absolute atomic E-state index is 0.00520. The van der Waals surface area contributed by atoms with E-state index >= 15 is 0 Å². The van der Waals surface area contributed by atoms with Crippen LogP contribution in [0.3, 0.4) is 0 Å². The fourth-order valence-electron chi connectivity index (χ4n) is 2.44. The molecule has 1 amide bonds. The highest BCUT2D eigenvalue weighted by atomic mass is 19.1. The highest BCUT2D eigenvalue weighted by Crippen LogP contribution is 2.22. The van der Waals surface area contributed by atoms with Crippen molar-refractivity contribution >= 4 is 11.9 Å². The fraction of sp³-hybridized carbons (Fsp3) is 0.300. The van der Waals surface area contributed by atoms with Crippen molar-refractivity contribution in [1.82, 2.24) is 5.32 Å². The maximum Gasteiger partial charge on any atom is 0.308 e. The van der Waals surface area contributed by atoms with Gasteiger partial charge in [-0.1, -0.05) is 12.1 Å². The average molecular weight is 359 g/mol. The molecule has 0 bridgehead atoms. The molecular formula is C20H22FNO4. The lowest BCUT2D eigenvalue weighted by Gasteiger charge is -2.19. The first-order valence-electron chi connectivity index (χ1n) is 8.48. The fourth-order valence-corrected chi connectivity index (χ4v) is 2.44. The van der Waals surface area contributed by atoms with Gasteiger partial charge in [-0.3, -0.25) is 9.59 Å². The summed E-state index contributed by atoms with van der Waals surface area (Å²) < 4.78 is 23.4. The first-order chi connectivity index (χ1) is 12.5. The van der Waals surface area contributed by atoms with Crippen molar-refractivity contribution in [3.8, 4) is 5.75 Å². The van der Waals surface area contributed by atoms with Crippen molar-refractivity contribution in [2.45, 2.75) is 26.3 Å². The van der Waals surface area contributed by atoms with Crippen molar-refractivity contribution < 1.29 is 23.5 Å². The number of esters is 1. The number of amides is 1. The van der Waals surface area contributed by atoms with Crippen molar-refractivity contribution in [1.29, 1.82) is 0 Å². The zero-order valence-electron chi connectivity index (χ0n) is 14.8. The Labute approximate surface area is 152 Å². The molecule has 2 aromatic carbocycles. The van der Waals surface area contributed by atoms with Gasteiger partial charge in [0.1, 0.15) is 11.6 Å². The van der Waals surface area contributed by atoms with E-state index in [9.17, 15) is 14.0 Å². The van der Waals surface area contributed by atoms with Crippen LogP contribution >= 0.6 is 0 Å². The number of carbonyl (C=O) groups excluding carboxylic acids is 2. The summed E-state index contributed by atoms with van der Waals surface area (Å²) in [4.78, 5) is 24.3. The van der Waals surface area contributed by atoms with Crippen LogP contribution in [0.2, 0.25) is 0 Å². The summed E-state index contributed by atoms with van der Waals surface area (Å²) in [5.41, 5.74) is 1.06. The molecule has 6 heteroatoms. The number of rotatable bonds is 8. The molecule has 0 aliphatic rings. The molecule has 0 aliphatic carbocycles. The molecular weight excluding hydrogens is 337 g/mol. The standard InChI is InChI=1S/C20H22FNO4/c1-3-25-17-11-7-14(8-12-17)18(13-19(23)26-4-2)22-20(24)15-5-9-16(21)10-6-15/h5-12,18H,3-4,13H2,1-2H3,(H,22,24). The molecule has 0 saturated carbocycles. The largest absolute Gasteiger partial charge is 0.494 e. The maximum absolute atomic E-state index is 13.0. The molecule has 0 fully saturated rings. The van der Waals surface area contributed by atoms with Gasteiger partial charge >= 0.3 is 5.97 Å². The van der Waals surface area contributed by atoms with E-state index < -0.39 is 23.7 Å². The van der Waals surface area contributed by atoms with Crippen LogP contribution in [0.25, 0.3) is 0 Å². The number of nitrogens with one attached hydrogen (secondary N) is 1. The molecule has 0 spiro atoms. The topological polar surface area (TPSA) is 64.6 Å². The predicted molar refractivity (Wildman–Crippen MR) is 95.5 cm³/mol. The third kappa shape index (κ3) is 5.58. The van der Waals surface area contributed by atoms with E-state index in [4.69, 9.17) is 9.47 Å². The molecule has 0 saturated heterocycles. The average Bonchev–Trinajstić information content (AvgIpc) is 2.63. The van der Waals surface area contributed by atoms with E-state index in [0.29, 0.717) is 17.9 Å². The smallest absolute Gasteiger partial charge is 0.308 e. The normalized spacial score (nSPS) is 11.5. The van der Waals surface area contributed by atoms with Gasteiger partial charge in [-0.25, -0.2) is 4.39 Å². The van der Waals surface area contributed by atoms with Crippen LogP contribution in [0.5, 0.6) is 5.75 Å². The van der Waals surface area contributed by atoms with Crippen LogP contribution in [0.15, 0.2) is 48.5 Å². The lowest BCUT2D eigenvalue weighted by Crippen LogP contribution is -2.30. The second-order valence-electron chi connectivity index (χ2n) is 5.54. The molecule has 1 unspecified atom stereocenters. The van der Waals surface area contributed by atoms with Crippen LogP contribution in [-0.2, 0) is 9.53 Å². The maximum atomic E-state index is 13.0. The van der Waals surface area contributed by atoms with E-state index in [2.05, 4.69) is 5.32 Å². The van der Waals surface area contributed by atoms with Crippen molar-refractivity contribution in [3.63, 3.8) is 0 Å². The molecule has 0 heterocycles. The van der Waals surface area contributed by atoms with Crippen LogP contribution in [0.4, 0.5) is 4.39 Å². The Morgan fingerprint density at radius 1 is 1.00 bits per heavy atom. The number of hydrogen-bond acceptors (Lipinski definition) is 4. The van der Waals surface area contributed by atoms with Crippen LogP contribution in [0.1, 0.15) is 42.2 Å². The predicted octanol–water partition coefficient (Wildman–Crippen LogP) is 3.65. The van der Waals surface area contributed by atoms with Crippen molar-refractivity contribution in [2.24, 2.45) is 0 Å². The molecule has 0 radical (unpaired) electrons. The monoisotopic (exact) mass is 359 g/mol. The second kappa shape index (κ2) is 9.56. The lowest BCUT2D eigenvalue weighted by molar-refractivity contribution is -0.143. The summed E-state index contributed by atoms with van der Waals surface area (Å²) in [7, 11) is 0. The molecule has 1 atom stereocenters. The Kier molecular flexibility index (Phi) is 7.14. The van der Waals surface area contributed by atoms with Crippen LogP contribution in [0, 0.1) is 5.82 Å². The highest BCUT2D eigenvalue weighted by Gasteiger charge is 2.20. The Hall–Kier alpha value is -2.89. The minimum atomic E-state index is -0.567. The zero-order chi connectivity index (χ0) is 18.9. The Morgan fingerprint density at radius 3 is 2.23 bits per heavy atom. The van der Waals surface area contributed by atoms with Crippen LogP contribution < -0.4 is 10.1 Å². The number of carbonyl (C=O) groups is 2. The van der Waals surface area contributed by atoms with E-state index in [1.54, 1.807) is 31.2 Å². The summed E-state index contributed by atoms with van der Waals surface area (Å²) in [6, 6.07) is 11.8. The lowest BCUT2D eigenvalue weighted by atomic mass is 10.0. The molecule has 138 valence electrons. The second-order valence-corrected chi connectivity index (χ2v) is 5.54. The van der Waals surface area contributed by atoms with Crippen molar-refractivity contribution in [3.05, 3.63) is 65.5 Å². The Morgan fingerprint density at radius 2 is 1.65 bits per heavy atom. The van der Waals surface area contributed by atoms with Gasteiger partial charge in [0.15, 0.2) is 0 Å². The third-order valence-electron chi connectivity index (χ3n) is 3.68. The molecule has 2 rings (SSSR count). The van der Waals surface area contributed by atoms with Gasteiger partial charge in [0, 0.05) is 5.56 Å². The summed E-state index contributed by atoms with van der Waals surface area (Å²) in [6.45, 7) is 4.43. The SMILES string of the molecule is CCOC(=O)CC(NC(=O)c1ccc(F)cc1)c1ccc(OCC)cc1. The summed E-state index contributed by atoms with van der Waals surface area (Å²) in [6.07, 6.45) is -0.00520. The minimum Gasteiger partial charge on any atom is -0.494 e. The number of halogens is 1. The van der Waals surface area contributed by atoms with Crippen LogP contribution in [-0.4, -0.2) is 25.1 Å². The molecule has 1 N–H and O–H groups in total. The summed E-state index contributed by atoms with van der Waals surface area (Å²) in [5, 5.41) is 2.81. The molecule has 0 aromatic heterocycles. The zero-order valence-corrected chi connectivity index (χ0v) is 14.8. The van der Waals surface area contributed by atoms with E-state index in [-0.39, 0.29) is 13.0 Å². The number of hydrogen-bond donors (Lipinski definition) is 1. The highest BCUT2D eigenvalue weighted by molar-refractivity contribution is 5.94. The van der Waals surface area contributed by atoms with E-state index in [0.717, 1.165) is 5.56 Å². The van der Waals surface area contributed by atoms with Gasteiger partial charge < -0.3 is 14.8 Å². The Balaban J connectivity index is 2.18. The van der Waals surface area contributed by atoms with Gasteiger partial charge in [0.2, 0.25) is 0 Å². The third-order valence-corrected chi connectivity index (χ3v) is 3.68. The molecule has 0 aliphatic heterocycles. The first kappa shape index (κ1) is 19.4. The number of benzene rings is 2. The van der Waals surface area contributed by atoms with E-state index in [1.165, 1.54) is 24.3 Å². The van der Waals surface area contributed by atoms with Gasteiger partial charge in [-0.05, 0) is 55.8 Å². The Bertz CT molecular complexity index is 728. The van der Waals surface area contributed by atoms with Gasteiger partial charge in [-0.15, -0.1) is 0 Å².